The van der Waals surface area contributed by atoms with E-state index >= 15 is 0 Å². The standard InChI is InChI=1S/C30H29N3O3/c1-5-36-28-18-22(9-15-27(28)35-4)8-14-25-17-20(2)30-29(26-7-6-16-32(26)19-33(25)30)23-10-12-24(13-11-23)31-21(3)34/h6-18H,5,19H2,1-4H3/p+1/b14-8+. The molecule has 6 heteroatoms. The second kappa shape index (κ2) is 9.74. The van der Waals surface area contributed by atoms with Crippen molar-refractivity contribution in [3.05, 3.63) is 94.5 Å². The summed E-state index contributed by atoms with van der Waals surface area (Å²) in [6.45, 7) is 6.97. The van der Waals surface area contributed by atoms with E-state index in [2.05, 4.69) is 70.1 Å². The number of carbonyl (C=O) groups is 1. The summed E-state index contributed by atoms with van der Waals surface area (Å²) in [5, 5.41) is 2.85. The Balaban J connectivity index is 1.53. The normalized spacial score (nSPS) is 14.1. The second-order valence-corrected chi connectivity index (χ2v) is 8.84. The zero-order valence-corrected chi connectivity index (χ0v) is 21.0. The number of anilines is 1. The first-order valence-corrected chi connectivity index (χ1v) is 12.1. The maximum Gasteiger partial charge on any atom is 0.228 e. The van der Waals surface area contributed by atoms with Crippen molar-refractivity contribution in [3.8, 4) is 11.5 Å². The third-order valence-electron chi connectivity index (χ3n) is 6.36. The van der Waals surface area contributed by atoms with Gasteiger partial charge in [0.15, 0.2) is 17.7 Å². The number of hydrogen-bond donors (Lipinski definition) is 1. The van der Waals surface area contributed by atoms with Crippen LogP contribution in [-0.2, 0) is 11.5 Å². The van der Waals surface area contributed by atoms with Gasteiger partial charge in [-0.15, -0.1) is 0 Å². The molecule has 0 radical (unpaired) electrons. The largest absolute Gasteiger partial charge is 0.493 e. The SMILES string of the molecule is CCOc1cc(/C=C/c2cc(C)c3n2C[N+]2=CC=CC2=C3c2ccc(NC(C)=O)cc2)ccc1OC. The van der Waals surface area contributed by atoms with Gasteiger partial charge in [0, 0.05) is 30.5 Å². The van der Waals surface area contributed by atoms with E-state index in [9.17, 15) is 4.79 Å². The minimum Gasteiger partial charge on any atom is -0.493 e. The van der Waals surface area contributed by atoms with Gasteiger partial charge in [-0.3, -0.25) is 9.36 Å². The number of rotatable bonds is 7. The Kier molecular flexibility index (Phi) is 6.34. The molecule has 2 aromatic carbocycles. The fraction of sp³-hybridized carbons (Fsp3) is 0.200. The van der Waals surface area contributed by atoms with E-state index in [-0.39, 0.29) is 5.91 Å². The molecule has 5 rings (SSSR count). The number of nitrogens with zero attached hydrogens (tertiary/aromatic N) is 2. The van der Waals surface area contributed by atoms with Crippen LogP contribution in [0.1, 0.15) is 41.9 Å². The zero-order valence-electron chi connectivity index (χ0n) is 21.0. The number of allylic oxidation sites excluding steroid dienone is 2. The summed E-state index contributed by atoms with van der Waals surface area (Å²) in [7, 11) is 1.65. The first-order chi connectivity index (χ1) is 17.5. The Labute approximate surface area is 211 Å². The van der Waals surface area contributed by atoms with Crippen molar-refractivity contribution >= 4 is 35.5 Å². The Hall–Kier alpha value is -4.32. The first-order valence-electron chi connectivity index (χ1n) is 12.1. The van der Waals surface area contributed by atoms with Crippen molar-refractivity contribution < 1.29 is 18.8 Å². The summed E-state index contributed by atoms with van der Waals surface area (Å²) in [5.74, 6) is 1.40. The number of carbonyl (C=O) groups excluding carboxylic acids is 1. The molecule has 0 atom stereocenters. The van der Waals surface area contributed by atoms with E-state index in [0.717, 1.165) is 40.7 Å². The van der Waals surface area contributed by atoms with Crippen LogP contribution in [0.2, 0.25) is 0 Å². The molecule has 6 nitrogen and oxygen atoms in total. The van der Waals surface area contributed by atoms with Gasteiger partial charge in [0.2, 0.25) is 18.3 Å². The zero-order chi connectivity index (χ0) is 25.2. The van der Waals surface area contributed by atoms with E-state index in [0.29, 0.717) is 6.61 Å². The monoisotopic (exact) mass is 480 g/mol. The van der Waals surface area contributed by atoms with Gasteiger partial charge < -0.3 is 14.8 Å². The second-order valence-electron chi connectivity index (χ2n) is 8.84. The van der Waals surface area contributed by atoms with Crippen molar-refractivity contribution in [2.75, 3.05) is 19.0 Å². The lowest BCUT2D eigenvalue weighted by Gasteiger charge is -2.20. The van der Waals surface area contributed by atoms with E-state index in [4.69, 9.17) is 9.47 Å². The summed E-state index contributed by atoms with van der Waals surface area (Å²) in [6, 6.07) is 16.3. The molecule has 1 amide bonds. The van der Waals surface area contributed by atoms with Gasteiger partial charge in [-0.2, -0.15) is 4.58 Å². The maximum atomic E-state index is 11.4. The average molecular weight is 481 g/mol. The number of methoxy groups -OCH3 is 1. The summed E-state index contributed by atoms with van der Waals surface area (Å²) in [5.41, 5.74) is 8.86. The molecule has 3 aromatic rings. The number of aryl methyl sites for hydroxylation is 1. The molecular formula is C30H30N3O3+. The molecular weight excluding hydrogens is 450 g/mol. The van der Waals surface area contributed by atoms with Crippen LogP contribution in [0, 0.1) is 6.92 Å². The highest BCUT2D eigenvalue weighted by molar-refractivity contribution is 5.90. The molecule has 1 N–H and O–H groups in total. The molecule has 0 saturated heterocycles. The van der Waals surface area contributed by atoms with Crippen molar-refractivity contribution in [3.63, 3.8) is 0 Å². The van der Waals surface area contributed by atoms with Gasteiger partial charge in [0.05, 0.1) is 25.0 Å². The Bertz CT molecular complexity index is 1450. The summed E-state index contributed by atoms with van der Waals surface area (Å²) in [4.78, 5) is 11.4. The molecule has 0 saturated carbocycles. The molecule has 2 aliphatic heterocycles. The Morgan fingerprint density at radius 3 is 2.64 bits per heavy atom. The number of nitrogens with one attached hydrogen (secondary N) is 1. The predicted octanol–water partition coefficient (Wildman–Crippen LogP) is 5.72. The van der Waals surface area contributed by atoms with Gasteiger partial charge in [-0.05, 0) is 66.9 Å². The lowest BCUT2D eigenvalue weighted by molar-refractivity contribution is -0.500. The summed E-state index contributed by atoms with van der Waals surface area (Å²) >= 11 is 0. The van der Waals surface area contributed by atoms with E-state index in [1.54, 1.807) is 7.11 Å². The van der Waals surface area contributed by atoms with Crippen LogP contribution in [0.3, 0.4) is 0 Å². The first kappa shape index (κ1) is 23.4. The van der Waals surface area contributed by atoms with Crippen LogP contribution >= 0.6 is 0 Å². The van der Waals surface area contributed by atoms with Gasteiger partial charge in [0.1, 0.15) is 0 Å². The summed E-state index contributed by atoms with van der Waals surface area (Å²) in [6.07, 6.45) is 10.6. The fourth-order valence-corrected chi connectivity index (χ4v) is 4.83. The van der Waals surface area contributed by atoms with E-state index < -0.39 is 0 Å². The number of amides is 1. The molecule has 2 aliphatic rings. The highest BCUT2D eigenvalue weighted by Crippen LogP contribution is 2.38. The molecule has 0 bridgehead atoms. The number of ether oxygens (including phenoxy) is 2. The van der Waals surface area contributed by atoms with Crippen LogP contribution in [0.5, 0.6) is 11.5 Å². The minimum absolute atomic E-state index is 0.0756. The van der Waals surface area contributed by atoms with Crippen LogP contribution < -0.4 is 14.8 Å². The van der Waals surface area contributed by atoms with Gasteiger partial charge in [0.25, 0.3) is 0 Å². The molecule has 3 heterocycles. The van der Waals surface area contributed by atoms with Gasteiger partial charge in [-0.25, -0.2) is 0 Å². The summed E-state index contributed by atoms with van der Waals surface area (Å²) < 4.78 is 15.8. The average Bonchev–Trinajstić information content (AvgIpc) is 3.46. The van der Waals surface area contributed by atoms with E-state index in [1.807, 2.05) is 37.3 Å². The molecule has 0 fully saturated rings. The van der Waals surface area contributed by atoms with Crippen molar-refractivity contribution in [1.29, 1.82) is 0 Å². The Morgan fingerprint density at radius 1 is 1.11 bits per heavy atom. The highest BCUT2D eigenvalue weighted by atomic mass is 16.5. The van der Waals surface area contributed by atoms with Crippen LogP contribution in [0.15, 0.2) is 66.4 Å². The third kappa shape index (κ3) is 4.38. The van der Waals surface area contributed by atoms with Crippen LogP contribution in [0.4, 0.5) is 5.69 Å². The number of hydrogen-bond acceptors (Lipinski definition) is 3. The van der Waals surface area contributed by atoms with Gasteiger partial charge >= 0.3 is 0 Å². The Morgan fingerprint density at radius 2 is 1.92 bits per heavy atom. The molecule has 0 unspecified atom stereocenters. The quantitative estimate of drug-likeness (QED) is 0.440. The lowest BCUT2D eigenvalue weighted by Crippen LogP contribution is -2.23. The molecule has 1 aromatic heterocycles. The van der Waals surface area contributed by atoms with Gasteiger partial charge in [-0.1, -0.05) is 24.3 Å². The third-order valence-corrected chi connectivity index (χ3v) is 6.36. The van der Waals surface area contributed by atoms with Crippen molar-refractivity contribution in [2.24, 2.45) is 0 Å². The fourth-order valence-electron chi connectivity index (χ4n) is 4.83. The predicted molar refractivity (Wildman–Crippen MR) is 144 cm³/mol. The van der Waals surface area contributed by atoms with Crippen LogP contribution in [-0.4, -0.2) is 35.0 Å². The molecule has 182 valence electrons. The van der Waals surface area contributed by atoms with Crippen molar-refractivity contribution in [2.45, 2.75) is 27.4 Å². The van der Waals surface area contributed by atoms with Crippen LogP contribution in [0.25, 0.3) is 17.7 Å². The van der Waals surface area contributed by atoms with E-state index in [1.165, 1.54) is 29.5 Å². The molecule has 36 heavy (non-hydrogen) atoms. The smallest absolute Gasteiger partial charge is 0.228 e. The minimum atomic E-state index is -0.0756. The van der Waals surface area contributed by atoms with Crippen molar-refractivity contribution in [1.82, 2.24) is 4.57 Å². The lowest BCUT2D eigenvalue weighted by atomic mass is 9.96. The maximum absolute atomic E-state index is 11.4. The molecule has 0 aliphatic carbocycles. The number of aromatic nitrogens is 1. The number of fused-ring (bicyclic) bond motifs is 2. The number of benzene rings is 2. The highest BCUT2D eigenvalue weighted by Gasteiger charge is 2.32. The topological polar surface area (TPSA) is 55.5 Å². The molecule has 0 spiro atoms.